The van der Waals surface area contributed by atoms with Crippen molar-refractivity contribution in [1.82, 2.24) is 15.1 Å². The number of aliphatic hydroxyl groups is 1. The number of amides is 1. The summed E-state index contributed by atoms with van der Waals surface area (Å²) in [7, 11) is 5.39. The van der Waals surface area contributed by atoms with Crippen molar-refractivity contribution in [2.75, 3.05) is 59.2 Å². The van der Waals surface area contributed by atoms with Crippen molar-refractivity contribution in [2.24, 2.45) is 0 Å². The molecule has 1 amide bonds. The molecular formula is C18H30N4O3. The summed E-state index contributed by atoms with van der Waals surface area (Å²) in [6, 6.07) is 3.49. The zero-order valence-corrected chi connectivity index (χ0v) is 15.6. The number of nitrogens with one attached hydrogen (secondary N) is 2. The molecule has 1 aromatic rings. The number of rotatable bonds is 6. The van der Waals surface area contributed by atoms with Gasteiger partial charge >= 0.3 is 0 Å². The second-order valence-corrected chi connectivity index (χ2v) is 6.44. The molecule has 0 radical (unpaired) electrons. The summed E-state index contributed by atoms with van der Waals surface area (Å²) in [5, 5.41) is 15.7. The fraction of sp³-hybridized carbons (Fsp3) is 0.611. The first-order valence-electron chi connectivity index (χ1n) is 8.73. The van der Waals surface area contributed by atoms with Crippen LogP contribution in [0, 0.1) is 0 Å². The minimum atomic E-state index is -0.175. The molecule has 1 aromatic carbocycles. The normalized spacial score (nSPS) is 19.3. The summed E-state index contributed by atoms with van der Waals surface area (Å²) in [5.41, 5.74) is 1.87. The van der Waals surface area contributed by atoms with Crippen LogP contribution in [-0.2, 0) is 6.61 Å². The van der Waals surface area contributed by atoms with Gasteiger partial charge in [0, 0.05) is 50.5 Å². The van der Waals surface area contributed by atoms with Crippen LogP contribution in [0.4, 0.5) is 5.69 Å². The maximum absolute atomic E-state index is 12.8. The lowest BCUT2D eigenvalue weighted by molar-refractivity contribution is 0.0922. The highest BCUT2D eigenvalue weighted by atomic mass is 16.5. The van der Waals surface area contributed by atoms with Crippen LogP contribution in [0.1, 0.15) is 22.8 Å². The number of likely N-dealkylation sites (N-methyl/N-ethyl adjacent to an activating group) is 2. The standard InChI is InChI=1S/C18H30N4O3/c1-5-22-7-6-21(3)10-14(11-22)20-18(24)15-8-13(12-23)16(19-2)9-17(15)25-4/h8-9,14,19,23H,5-7,10-12H2,1-4H3,(H,20,24). The molecule has 140 valence electrons. The number of hydrogen-bond acceptors (Lipinski definition) is 6. The van der Waals surface area contributed by atoms with Crippen molar-refractivity contribution < 1.29 is 14.6 Å². The quantitative estimate of drug-likeness (QED) is 0.697. The van der Waals surface area contributed by atoms with E-state index in [0.717, 1.165) is 38.4 Å². The predicted molar refractivity (Wildman–Crippen MR) is 99.3 cm³/mol. The Kier molecular flexibility index (Phi) is 7.04. The number of methoxy groups -OCH3 is 1. The molecule has 1 saturated heterocycles. The molecule has 0 aromatic heterocycles. The van der Waals surface area contributed by atoms with Crippen molar-refractivity contribution in [3.8, 4) is 5.75 Å². The maximum atomic E-state index is 12.8. The maximum Gasteiger partial charge on any atom is 0.255 e. The number of aliphatic hydroxyl groups excluding tert-OH is 1. The number of nitrogens with zero attached hydrogens (tertiary/aromatic N) is 2. The first kappa shape index (κ1) is 19.5. The van der Waals surface area contributed by atoms with E-state index in [9.17, 15) is 9.90 Å². The molecule has 1 aliphatic heterocycles. The van der Waals surface area contributed by atoms with Gasteiger partial charge < -0.3 is 30.3 Å². The van der Waals surface area contributed by atoms with E-state index < -0.39 is 0 Å². The molecule has 0 bridgehead atoms. The topological polar surface area (TPSA) is 77.1 Å². The lowest BCUT2D eigenvalue weighted by Gasteiger charge is -2.24. The molecule has 7 heteroatoms. The minimum absolute atomic E-state index is 0.0474. The summed E-state index contributed by atoms with van der Waals surface area (Å²) in [5.74, 6) is 0.318. The van der Waals surface area contributed by atoms with Crippen molar-refractivity contribution >= 4 is 11.6 Å². The second-order valence-electron chi connectivity index (χ2n) is 6.44. The van der Waals surface area contributed by atoms with E-state index in [0.29, 0.717) is 16.9 Å². The Morgan fingerprint density at radius 3 is 2.72 bits per heavy atom. The molecule has 7 nitrogen and oxygen atoms in total. The average Bonchev–Trinajstić information content (AvgIpc) is 2.80. The SMILES string of the molecule is CCN1CCN(C)CC(NC(=O)c2cc(CO)c(NC)cc2OC)C1. The van der Waals surface area contributed by atoms with Gasteiger partial charge in [0.1, 0.15) is 5.75 Å². The molecular weight excluding hydrogens is 320 g/mol. The Labute approximate surface area is 149 Å². The van der Waals surface area contributed by atoms with Crippen LogP contribution in [0.5, 0.6) is 5.75 Å². The monoisotopic (exact) mass is 350 g/mol. The first-order valence-corrected chi connectivity index (χ1v) is 8.73. The molecule has 1 unspecified atom stereocenters. The Morgan fingerprint density at radius 2 is 2.12 bits per heavy atom. The molecule has 1 heterocycles. The van der Waals surface area contributed by atoms with Gasteiger partial charge in [-0.3, -0.25) is 4.79 Å². The number of carbonyl (C=O) groups is 1. The van der Waals surface area contributed by atoms with Gasteiger partial charge in [0.05, 0.1) is 25.3 Å². The molecule has 25 heavy (non-hydrogen) atoms. The van der Waals surface area contributed by atoms with E-state index >= 15 is 0 Å². The van der Waals surface area contributed by atoms with E-state index in [1.807, 2.05) is 0 Å². The van der Waals surface area contributed by atoms with Crippen LogP contribution in [0.25, 0.3) is 0 Å². The number of hydrogen-bond donors (Lipinski definition) is 3. The van der Waals surface area contributed by atoms with Gasteiger partial charge in [0.2, 0.25) is 0 Å². The zero-order valence-electron chi connectivity index (χ0n) is 15.6. The molecule has 2 rings (SSSR count). The summed E-state index contributed by atoms with van der Waals surface area (Å²) in [6.07, 6.45) is 0. The van der Waals surface area contributed by atoms with Crippen LogP contribution in [0.2, 0.25) is 0 Å². The van der Waals surface area contributed by atoms with E-state index in [-0.39, 0.29) is 18.6 Å². The van der Waals surface area contributed by atoms with Crippen molar-refractivity contribution in [3.63, 3.8) is 0 Å². The summed E-state index contributed by atoms with van der Waals surface area (Å²) in [6.45, 7) is 6.61. The smallest absolute Gasteiger partial charge is 0.255 e. The van der Waals surface area contributed by atoms with E-state index in [1.165, 1.54) is 0 Å². The van der Waals surface area contributed by atoms with Crippen molar-refractivity contribution in [1.29, 1.82) is 0 Å². The van der Waals surface area contributed by atoms with Crippen molar-refractivity contribution in [2.45, 2.75) is 19.6 Å². The second kappa shape index (κ2) is 9.03. The van der Waals surface area contributed by atoms with Crippen LogP contribution in [-0.4, -0.2) is 80.8 Å². The van der Waals surface area contributed by atoms with Gasteiger partial charge in [-0.05, 0) is 19.7 Å². The van der Waals surface area contributed by atoms with Gasteiger partial charge in [-0.1, -0.05) is 6.92 Å². The number of benzene rings is 1. The highest BCUT2D eigenvalue weighted by Crippen LogP contribution is 2.27. The lowest BCUT2D eigenvalue weighted by Crippen LogP contribution is -2.46. The highest BCUT2D eigenvalue weighted by molar-refractivity contribution is 5.98. The summed E-state index contributed by atoms with van der Waals surface area (Å²) < 4.78 is 5.38. The Hall–Kier alpha value is -1.83. The largest absolute Gasteiger partial charge is 0.496 e. The summed E-state index contributed by atoms with van der Waals surface area (Å²) >= 11 is 0. The molecule has 0 spiro atoms. The van der Waals surface area contributed by atoms with E-state index in [2.05, 4.69) is 34.4 Å². The Morgan fingerprint density at radius 1 is 1.36 bits per heavy atom. The van der Waals surface area contributed by atoms with Gasteiger partial charge in [-0.25, -0.2) is 0 Å². The fourth-order valence-electron chi connectivity index (χ4n) is 3.22. The minimum Gasteiger partial charge on any atom is -0.496 e. The van der Waals surface area contributed by atoms with Crippen LogP contribution >= 0.6 is 0 Å². The molecule has 0 aliphatic carbocycles. The predicted octanol–water partition coefficient (Wildman–Crippen LogP) is 0.595. The van der Waals surface area contributed by atoms with Gasteiger partial charge in [0.15, 0.2) is 0 Å². The van der Waals surface area contributed by atoms with E-state index in [1.54, 1.807) is 26.3 Å². The zero-order chi connectivity index (χ0) is 18.4. The fourth-order valence-corrected chi connectivity index (χ4v) is 3.22. The van der Waals surface area contributed by atoms with Gasteiger partial charge in [0.25, 0.3) is 5.91 Å². The molecule has 1 aliphatic rings. The molecule has 1 atom stereocenters. The molecule has 1 fully saturated rings. The van der Waals surface area contributed by atoms with Gasteiger partial charge in [-0.2, -0.15) is 0 Å². The average molecular weight is 350 g/mol. The summed E-state index contributed by atoms with van der Waals surface area (Å²) in [4.78, 5) is 17.4. The van der Waals surface area contributed by atoms with Crippen LogP contribution < -0.4 is 15.4 Å². The lowest BCUT2D eigenvalue weighted by atomic mass is 10.1. The Bertz CT molecular complexity index is 594. The van der Waals surface area contributed by atoms with Crippen LogP contribution in [0.3, 0.4) is 0 Å². The Balaban J connectivity index is 2.21. The third kappa shape index (κ3) is 4.84. The van der Waals surface area contributed by atoms with Gasteiger partial charge in [-0.15, -0.1) is 0 Å². The number of ether oxygens (including phenoxy) is 1. The third-order valence-corrected chi connectivity index (χ3v) is 4.70. The number of carbonyl (C=O) groups excluding carboxylic acids is 1. The van der Waals surface area contributed by atoms with Crippen LogP contribution in [0.15, 0.2) is 12.1 Å². The molecule has 0 saturated carbocycles. The molecule has 3 N–H and O–H groups in total. The number of anilines is 1. The highest BCUT2D eigenvalue weighted by Gasteiger charge is 2.24. The first-order chi connectivity index (χ1) is 12.0. The third-order valence-electron chi connectivity index (χ3n) is 4.70. The van der Waals surface area contributed by atoms with Crippen molar-refractivity contribution in [3.05, 3.63) is 23.3 Å². The van der Waals surface area contributed by atoms with E-state index in [4.69, 9.17) is 4.74 Å².